The van der Waals surface area contributed by atoms with Crippen molar-refractivity contribution in [2.45, 2.75) is 18.8 Å². The summed E-state index contributed by atoms with van der Waals surface area (Å²) in [5, 5.41) is 0. The zero-order chi connectivity index (χ0) is 11.0. The Morgan fingerprint density at radius 2 is 1.19 bits per heavy atom. The first-order chi connectivity index (χ1) is 7.84. The highest BCUT2D eigenvalue weighted by molar-refractivity contribution is 5.46. The molecule has 0 radical (unpaired) electrons. The molecule has 80 valence electrons. The van der Waals surface area contributed by atoms with Gasteiger partial charge in [0.15, 0.2) is 0 Å². The number of hydrogen-bond acceptors (Lipinski definition) is 0. The van der Waals surface area contributed by atoms with Gasteiger partial charge in [-0.05, 0) is 23.5 Å². The van der Waals surface area contributed by atoms with Crippen molar-refractivity contribution in [3.63, 3.8) is 0 Å². The summed E-state index contributed by atoms with van der Waals surface area (Å²) in [6.07, 6.45) is 1.28. The van der Waals surface area contributed by atoms with E-state index < -0.39 is 0 Å². The predicted molar refractivity (Wildman–Crippen MR) is 67.4 cm³/mol. The monoisotopic (exact) mass is 208 g/mol. The summed E-state index contributed by atoms with van der Waals surface area (Å²) in [4.78, 5) is 0. The van der Waals surface area contributed by atoms with Gasteiger partial charge in [-0.2, -0.15) is 0 Å². The second-order valence-corrected chi connectivity index (χ2v) is 4.81. The molecule has 2 aromatic carbocycles. The topological polar surface area (TPSA) is 0 Å². The molecule has 1 atom stereocenters. The molecule has 0 aliphatic heterocycles. The SMILES string of the molecule is CC1CC1(c1ccccc1)c1ccccc1. The number of hydrogen-bond donors (Lipinski definition) is 0. The van der Waals surface area contributed by atoms with Crippen LogP contribution in [0.4, 0.5) is 0 Å². The minimum atomic E-state index is 0.294. The Balaban J connectivity index is 2.10. The van der Waals surface area contributed by atoms with Gasteiger partial charge >= 0.3 is 0 Å². The van der Waals surface area contributed by atoms with E-state index in [1.807, 2.05) is 0 Å². The van der Waals surface area contributed by atoms with Gasteiger partial charge < -0.3 is 0 Å². The van der Waals surface area contributed by atoms with Crippen LogP contribution in [0.3, 0.4) is 0 Å². The fourth-order valence-corrected chi connectivity index (χ4v) is 2.87. The van der Waals surface area contributed by atoms with Crippen LogP contribution in [0.2, 0.25) is 0 Å². The van der Waals surface area contributed by atoms with Crippen LogP contribution >= 0.6 is 0 Å². The van der Waals surface area contributed by atoms with Crippen molar-refractivity contribution < 1.29 is 0 Å². The fraction of sp³-hybridized carbons (Fsp3) is 0.250. The standard InChI is InChI=1S/C16H16/c1-13-12-16(13,14-8-4-2-5-9-14)15-10-6-3-7-11-15/h2-11,13H,12H2,1H3. The molecule has 0 nitrogen and oxygen atoms in total. The molecule has 0 bridgehead atoms. The van der Waals surface area contributed by atoms with E-state index in [1.54, 1.807) is 0 Å². The highest BCUT2D eigenvalue weighted by Gasteiger charge is 2.53. The summed E-state index contributed by atoms with van der Waals surface area (Å²) in [7, 11) is 0. The van der Waals surface area contributed by atoms with Crippen molar-refractivity contribution in [1.82, 2.24) is 0 Å². The molecule has 1 aliphatic rings. The van der Waals surface area contributed by atoms with Crippen LogP contribution in [0.1, 0.15) is 24.5 Å². The van der Waals surface area contributed by atoms with E-state index in [4.69, 9.17) is 0 Å². The smallest absolute Gasteiger partial charge is 0.0231 e. The van der Waals surface area contributed by atoms with Gasteiger partial charge in [0.25, 0.3) is 0 Å². The minimum absolute atomic E-state index is 0.294. The lowest BCUT2D eigenvalue weighted by atomic mass is 9.86. The first kappa shape index (κ1) is 9.65. The Labute approximate surface area is 96.9 Å². The highest BCUT2D eigenvalue weighted by atomic mass is 14.6. The number of benzene rings is 2. The minimum Gasteiger partial charge on any atom is -0.0622 e. The Morgan fingerprint density at radius 1 is 0.812 bits per heavy atom. The van der Waals surface area contributed by atoms with Gasteiger partial charge in [0.2, 0.25) is 0 Å². The molecule has 0 amide bonds. The molecule has 1 aliphatic carbocycles. The summed E-state index contributed by atoms with van der Waals surface area (Å²) < 4.78 is 0. The van der Waals surface area contributed by atoms with Crippen LogP contribution in [0.5, 0.6) is 0 Å². The molecule has 1 fully saturated rings. The zero-order valence-electron chi connectivity index (χ0n) is 9.56. The summed E-state index contributed by atoms with van der Waals surface area (Å²) >= 11 is 0. The molecular weight excluding hydrogens is 192 g/mol. The third-order valence-corrected chi connectivity index (χ3v) is 3.89. The average Bonchev–Trinajstić information content (AvgIpc) is 3.05. The predicted octanol–water partition coefficient (Wildman–Crippen LogP) is 4.01. The molecule has 0 heteroatoms. The quantitative estimate of drug-likeness (QED) is 0.699. The van der Waals surface area contributed by atoms with Gasteiger partial charge in [0.05, 0.1) is 0 Å². The van der Waals surface area contributed by atoms with E-state index in [2.05, 4.69) is 67.6 Å². The van der Waals surface area contributed by atoms with Crippen LogP contribution in [0.25, 0.3) is 0 Å². The normalized spacial score (nSPS) is 21.7. The zero-order valence-corrected chi connectivity index (χ0v) is 9.56. The lowest BCUT2D eigenvalue weighted by Gasteiger charge is -2.17. The van der Waals surface area contributed by atoms with Crippen molar-refractivity contribution >= 4 is 0 Å². The molecule has 3 rings (SSSR count). The van der Waals surface area contributed by atoms with Gasteiger partial charge in [-0.1, -0.05) is 67.6 Å². The molecule has 2 aromatic rings. The Bertz CT molecular complexity index is 430. The molecule has 1 saturated carbocycles. The van der Waals surface area contributed by atoms with E-state index in [0.29, 0.717) is 5.41 Å². The van der Waals surface area contributed by atoms with Gasteiger partial charge in [-0.3, -0.25) is 0 Å². The number of rotatable bonds is 2. The summed E-state index contributed by atoms with van der Waals surface area (Å²) in [5.74, 6) is 0.761. The van der Waals surface area contributed by atoms with E-state index in [0.717, 1.165) is 5.92 Å². The van der Waals surface area contributed by atoms with Gasteiger partial charge in [-0.15, -0.1) is 0 Å². The van der Waals surface area contributed by atoms with E-state index >= 15 is 0 Å². The van der Waals surface area contributed by atoms with Crippen molar-refractivity contribution in [2.24, 2.45) is 5.92 Å². The van der Waals surface area contributed by atoms with Crippen molar-refractivity contribution in [2.75, 3.05) is 0 Å². The van der Waals surface area contributed by atoms with E-state index in [-0.39, 0.29) is 0 Å². The molecule has 0 spiro atoms. The molecule has 0 saturated heterocycles. The summed E-state index contributed by atoms with van der Waals surface area (Å²) in [6, 6.07) is 21.8. The third kappa shape index (κ3) is 1.30. The molecule has 0 aromatic heterocycles. The Morgan fingerprint density at radius 3 is 1.50 bits per heavy atom. The van der Waals surface area contributed by atoms with Crippen LogP contribution in [-0.2, 0) is 5.41 Å². The third-order valence-electron chi connectivity index (χ3n) is 3.89. The summed E-state index contributed by atoms with van der Waals surface area (Å²) in [5.41, 5.74) is 3.23. The van der Waals surface area contributed by atoms with Crippen LogP contribution in [-0.4, -0.2) is 0 Å². The average molecular weight is 208 g/mol. The van der Waals surface area contributed by atoms with Gasteiger partial charge in [0, 0.05) is 5.41 Å². The van der Waals surface area contributed by atoms with E-state index in [1.165, 1.54) is 17.5 Å². The molecule has 0 heterocycles. The van der Waals surface area contributed by atoms with Crippen molar-refractivity contribution in [1.29, 1.82) is 0 Å². The largest absolute Gasteiger partial charge is 0.0622 e. The van der Waals surface area contributed by atoms with Crippen molar-refractivity contribution in [3.05, 3.63) is 71.8 Å². The van der Waals surface area contributed by atoms with Crippen molar-refractivity contribution in [3.8, 4) is 0 Å². The van der Waals surface area contributed by atoms with Crippen LogP contribution in [0.15, 0.2) is 60.7 Å². The Kier molecular flexibility index (Phi) is 2.10. The molecule has 1 unspecified atom stereocenters. The Hall–Kier alpha value is -1.56. The maximum absolute atomic E-state index is 2.35. The summed E-state index contributed by atoms with van der Waals surface area (Å²) in [6.45, 7) is 2.35. The maximum Gasteiger partial charge on any atom is 0.0231 e. The van der Waals surface area contributed by atoms with Crippen LogP contribution in [0, 0.1) is 5.92 Å². The first-order valence-electron chi connectivity index (χ1n) is 5.95. The van der Waals surface area contributed by atoms with Gasteiger partial charge in [0.1, 0.15) is 0 Å². The first-order valence-corrected chi connectivity index (χ1v) is 5.95. The van der Waals surface area contributed by atoms with E-state index in [9.17, 15) is 0 Å². The second-order valence-electron chi connectivity index (χ2n) is 4.81. The molecular formula is C16H16. The maximum atomic E-state index is 2.35. The fourth-order valence-electron chi connectivity index (χ4n) is 2.87. The molecule has 16 heavy (non-hydrogen) atoms. The molecule has 0 N–H and O–H groups in total. The highest BCUT2D eigenvalue weighted by Crippen LogP contribution is 2.58. The lowest BCUT2D eigenvalue weighted by Crippen LogP contribution is -2.10. The lowest BCUT2D eigenvalue weighted by molar-refractivity contribution is 0.749. The van der Waals surface area contributed by atoms with Gasteiger partial charge in [-0.25, -0.2) is 0 Å². The van der Waals surface area contributed by atoms with Crippen LogP contribution < -0.4 is 0 Å². The second kappa shape index (κ2) is 3.48.